The zero-order valence-corrected chi connectivity index (χ0v) is 19.0. The van der Waals surface area contributed by atoms with E-state index in [9.17, 15) is 0 Å². The van der Waals surface area contributed by atoms with Gasteiger partial charge in [0.2, 0.25) is 0 Å². The molecule has 1 aliphatic rings. The highest BCUT2D eigenvalue weighted by atomic mass is 127. The molecule has 7 heteroatoms. The van der Waals surface area contributed by atoms with Crippen molar-refractivity contribution < 1.29 is 9.47 Å². The van der Waals surface area contributed by atoms with Crippen LogP contribution < -0.4 is 15.4 Å². The predicted molar refractivity (Wildman–Crippen MR) is 122 cm³/mol. The van der Waals surface area contributed by atoms with Gasteiger partial charge in [-0.05, 0) is 31.4 Å². The molecule has 6 nitrogen and oxygen atoms in total. The van der Waals surface area contributed by atoms with Gasteiger partial charge in [-0.3, -0.25) is 9.89 Å². The van der Waals surface area contributed by atoms with Crippen LogP contribution in [0.3, 0.4) is 0 Å². The SMILES string of the molecule is CCNC(=NCC(C)CN1CCOCC1)NCCCOc1ccccc1.I. The van der Waals surface area contributed by atoms with Gasteiger partial charge in [0.05, 0.1) is 19.8 Å². The topological polar surface area (TPSA) is 58.1 Å². The van der Waals surface area contributed by atoms with Crippen LogP contribution in [0.25, 0.3) is 0 Å². The van der Waals surface area contributed by atoms with E-state index >= 15 is 0 Å². The average molecular weight is 490 g/mol. The van der Waals surface area contributed by atoms with E-state index in [2.05, 4.69) is 29.4 Å². The minimum atomic E-state index is 0. The van der Waals surface area contributed by atoms with Gasteiger partial charge in [0, 0.05) is 39.3 Å². The maximum absolute atomic E-state index is 5.71. The van der Waals surface area contributed by atoms with E-state index in [0.29, 0.717) is 12.5 Å². The number of nitrogens with one attached hydrogen (secondary N) is 2. The smallest absolute Gasteiger partial charge is 0.191 e. The summed E-state index contributed by atoms with van der Waals surface area (Å²) in [5.41, 5.74) is 0. The molecule has 1 heterocycles. The fourth-order valence-electron chi connectivity index (χ4n) is 2.86. The Bertz CT molecular complexity index is 510. The van der Waals surface area contributed by atoms with Crippen LogP contribution in [-0.2, 0) is 4.74 Å². The van der Waals surface area contributed by atoms with Crippen LogP contribution in [0.2, 0.25) is 0 Å². The number of halogens is 1. The molecule has 27 heavy (non-hydrogen) atoms. The van der Waals surface area contributed by atoms with Crippen molar-refractivity contribution in [1.29, 1.82) is 0 Å². The summed E-state index contributed by atoms with van der Waals surface area (Å²) in [5, 5.41) is 6.71. The van der Waals surface area contributed by atoms with Gasteiger partial charge in [-0.2, -0.15) is 0 Å². The van der Waals surface area contributed by atoms with Crippen molar-refractivity contribution in [1.82, 2.24) is 15.5 Å². The van der Waals surface area contributed by atoms with Crippen LogP contribution in [0.1, 0.15) is 20.3 Å². The molecule has 2 rings (SSSR count). The molecule has 0 radical (unpaired) electrons. The van der Waals surface area contributed by atoms with Crippen LogP contribution in [-0.4, -0.2) is 69.9 Å². The Hall–Kier alpha value is -1.06. The van der Waals surface area contributed by atoms with E-state index < -0.39 is 0 Å². The molecule has 0 aromatic heterocycles. The Morgan fingerprint density at radius 1 is 1.22 bits per heavy atom. The van der Waals surface area contributed by atoms with Gasteiger partial charge in [0.1, 0.15) is 5.75 Å². The van der Waals surface area contributed by atoms with Crippen LogP contribution in [0, 0.1) is 5.92 Å². The molecule has 0 spiro atoms. The highest BCUT2D eigenvalue weighted by Crippen LogP contribution is 2.08. The second-order valence-electron chi connectivity index (χ2n) is 6.68. The summed E-state index contributed by atoms with van der Waals surface area (Å²) in [6.07, 6.45) is 0.933. The first-order chi connectivity index (χ1) is 12.8. The number of morpholine rings is 1. The molecule has 0 amide bonds. The molecule has 2 N–H and O–H groups in total. The zero-order chi connectivity index (χ0) is 18.5. The molecule has 0 bridgehead atoms. The lowest BCUT2D eigenvalue weighted by molar-refractivity contribution is 0.0323. The van der Waals surface area contributed by atoms with Crippen molar-refractivity contribution in [2.24, 2.45) is 10.9 Å². The summed E-state index contributed by atoms with van der Waals surface area (Å²) in [7, 11) is 0. The number of nitrogens with zero attached hydrogens (tertiary/aromatic N) is 2. The Morgan fingerprint density at radius 3 is 2.67 bits per heavy atom. The van der Waals surface area contributed by atoms with E-state index in [1.807, 2.05) is 30.3 Å². The second-order valence-corrected chi connectivity index (χ2v) is 6.68. The molecular formula is C20H35IN4O2. The molecule has 1 atom stereocenters. The third-order valence-electron chi connectivity index (χ3n) is 4.20. The van der Waals surface area contributed by atoms with Crippen LogP contribution in [0.4, 0.5) is 0 Å². The largest absolute Gasteiger partial charge is 0.494 e. The first-order valence-electron chi connectivity index (χ1n) is 9.78. The van der Waals surface area contributed by atoms with Crippen molar-refractivity contribution in [3.63, 3.8) is 0 Å². The van der Waals surface area contributed by atoms with Crippen molar-refractivity contribution in [3.05, 3.63) is 30.3 Å². The number of para-hydroxylation sites is 1. The maximum Gasteiger partial charge on any atom is 0.191 e. The van der Waals surface area contributed by atoms with E-state index in [1.165, 1.54) is 0 Å². The van der Waals surface area contributed by atoms with E-state index in [4.69, 9.17) is 14.5 Å². The monoisotopic (exact) mass is 490 g/mol. The highest BCUT2D eigenvalue weighted by molar-refractivity contribution is 14.0. The second kappa shape index (κ2) is 14.9. The van der Waals surface area contributed by atoms with E-state index in [-0.39, 0.29) is 24.0 Å². The summed E-state index contributed by atoms with van der Waals surface area (Å²) in [5.74, 6) is 2.34. The average Bonchev–Trinajstić information content (AvgIpc) is 2.67. The highest BCUT2D eigenvalue weighted by Gasteiger charge is 2.13. The van der Waals surface area contributed by atoms with Gasteiger partial charge < -0.3 is 20.1 Å². The number of aliphatic imine (C=N–C) groups is 1. The fourth-order valence-corrected chi connectivity index (χ4v) is 2.86. The molecular weight excluding hydrogens is 455 g/mol. The van der Waals surface area contributed by atoms with Gasteiger partial charge in [-0.1, -0.05) is 25.1 Å². The lowest BCUT2D eigenvalue weighted by Gasteiger charge is -2.28. The van der Waals surface area contributed by atoms with E-state index in [1.54, 1.807) is 0 Å². The van der Waals surface area contributed by atoms with Gasteiger partial charge in [-0.25, -0.2) is 0 Å². The lowest BCUT2D eigenvalue weighted by Crippen LogP contribution is -2.40. The number of hydrogen-bond donors (Lipinski definition) is 2. The zero-order valence-electron chi connectivity index (χ0n) is 16.7. The van der Waals surface area contributed by atoms with Gasteiger partial charge >= 0.3 is 0 Å². The normalized spacial score (nSPS) is 16.3. The fraction of sp³-hybridized carbons (Fsp3) is 0.650. The Labute approximate surface area is 181 Å². The number of ether oxygens (including phenoxy) is 2. The van der Waals surface area contributed by atoms with Crippen molar-refractivity contribution in [2.75, 3.05) is 59.1 Å². The van der Waals surface area contributed by atoms with Crippen LogP contribution in [0.15, 0.2) is 35.3 Å². The minimum Gasteiger partial charge on any atom is -0.494 e. The third kappa shape index (κ3) is 10.8. The minimum absolute atomic E-state index is 0. The predicted octanol–water partition coefficient (Wildman–Crippen LogP) is 2.60. The summed E-state index contributed by atoms with van der Waals surface area (Å²) >= 11 is 0. The first-order valence-corrected chi connectivity index (χ1v) is 9.78. The number of guanidine groups is 1. The maximum atomic E-state index is 5.71. The Kier molecular flexibility index (Phi) is 13.3. The molecule has 0 saturated carbocycles. The van der Waals surface area contributed by atoms with Crippen molar-refractivity contribution in [2.45, 2.75) is 20.3 Å². The van der Waals surface area contributed by atoms with E-state index in [0.717, 1.165) is 70.6 Å². The quantitative estimate of drug-likeness (QED) is 0.229. The number of rotatable bonds is 10. The molecule has 154 valence electrons. The number of hydrogen-bond acceptors (Lipinski definition) is 4. The Morgan fingerprint density at radius 2 is 1.96 bits per heavy atom. The van der Waals surface area contributed by atoms with Crippen molar-refractivity contribution in [3.8, 4) is 5.75 Å². The molecule has 1 aromatic rings. The van der Waals surface area contributed by atoms with Crippen LogP contribution in [0.5, 0.6) is 5.75 Å². The molecule has 1 unspecified atom stereocenters. The molecule has 1 aromatic carbocycles. The van der Waals surface area contributed by atoms with Gasteiger partial charge in [-0.15, -0.1) is 24.0 Å². The summed E-state index contributed by atoms with van der Waals surface area (Å²) in [4.78, 5) is 7.19. The third-order valence-corrected chi connectivity index (χ3v) is 4.20. The molecule has 1 saturated heterocycles. The van der Waals surface area contributed by atoms with Crippen LogP contribution >= 0.6 is 24.0 Å². The van der Waals surface area contributed by atoms with Gasteiger partial charge in [0.15, 0.2) is 5.96 Å². The first kappa shape index (κ1) is 24.0. The Balaban J connectivity index is 0.00000364. The van der Waals surface area contributed by atoms with Crippen molar-refractivity contribution >= 4 is 29.9 Å². The number of benzene rings is 1. The van der Waals surface area contributed by atoms with Gasteiger partial charge in [0.25, 0.3) is 0 Å². The standard InChI is InChI=1S/C20H34N4O2.HI/c1-3-21-20(22-10-7-13-26-19-8-5-4-6-9-19)23-16-18(2)17-24-11-14-25-15-12-24;/h4-6,8-9,18H,3,7,10-17H2,1-2H3,(H2,21,22,23);1H. The summed E-state index contributed by atoms with van der Waals surface area (Å²) in [6.45, 7) is 12.4. The molecule has 0 aliphatic carbocycles. The molecule has 1 aliphatic heterocycles. The lowest BCUT2D eigenvalue weighted by atomic mass is 10.1. The summed E-state index contributed by atoms with van der Waals surface area (Å²) in [6, 6.07) is 9.93. The summed E-state index contributed by atoms with van der Waals surface area (Å²) < 4.78 is 11.1. The molecule has 1 fully saturated rings.